The quantitative estimate of drug-likeness (QED) is 0.170. The summed E-state index contributed by atoms with van der Waals surface area (Å²) in [6.07, 6.45) is 30.2. The van der Waals surface area contributed by atoms with Gasteiger partial charge in [0.25, 0.3) is 0 Å². The highest BCUT2D eigenvalue weighted by Crippen LogP contribution is 2.50. The van der Waals surface area contributed by atoms with Crippen molar-refractivity contribution >= 4 is 28.2 Å². The summed E-state index contributed by atoms with van der Waals surface area (Å²) in [6.45, 7) is 9.58. The first-order chi connectivity index (χ1) is 26.9. The predicted octanol–water partition coefficient (Wildman–Crippen LogP) is 13.3. The fourth-order valence-corrected chi connectivity index (χ4v) is 10.3. The van der Waals surface area contributed by atoms with Gasteiger partial charge >= 0.3 is 0 Å². The lowest BCUT2D eigenvalue weighted by atomic mass is 9.80. The van der Waals surface area contributed by atoms with Crippen LogP contribution in [0.1, 0.15) is 74.9 Å². The zero-order valence-corrected chi connectivity index (χ0v) is 32.5. The van der Waals surface area contributed by atoms with Crippen LogP contribution in [0.2, 0.25) is 0 Å². The minimum Gasteiger partial charge on any atom is -0.338 e. The van der Waals surface area contributed by atoms with E-state index in [1.807, 2.05) is 0 Å². The van der Waals surface area contributed by atoms with E-state index in [9.17, 15) is 0 Å². The van der Waals surface area contributed by atoms with Crippen LogP contribution in [0.5, 0.6) is 0 Å². The van der Waals surface area contributed by atoms with Crippen LogP contribution in [0.15, 0.2) is 163 Å². The number of aromatic nitrogens is 1. The van der Waals surface area contributed by atoms with Crippen molar-refractivity contribution in [3.63, 3.8) is 0 Å². The van der Waals surface area contributed by atoms with Crippen LogP contribution in [-0.2, 0) is 11.8 Å². The highest BCUT2D eigenvalue weighted by atomic mass is 15.2. The molecule has 0 saturated heterocycles. The number of benzene rings is 4. The average Bonchev–Trinajstić information content (AvgIpc) is 3.67. The van der Waals surface area contributed by atoms with Gasteiger partial charge in [0.05, 0.1) is 11.6 Å². The molecule has 5 aliphatic rings. The largest absolute Gasteiger partial charge is 0.338 e. The molecule has 4 unspecified atom stereocenters. The minimum absolute atomic E-state index is 0.0531. The first-order valence-corrected chi connectivity index (χ1v) is 20.4. The summed E-state index contributed by atoms with van der Waals surface area (Å²) >= 11 is 0. The third kappa shape index (κ3) is 5.60. The van der Waals surface area contributed by atoms with E-state index in [-0.39, 0.29) is 11.5 Å². The molecule has 5 aromatic rings. The molecule has 10 rings (SSSR count). The van der Waals surface area contributed by atoms with E-state index in [1.54, 1.807) is 0 Å². The van der Waals surface area contributed by atoms with Crippen molar-refractivity contribution in [2.45, 2.75) is 64.8 Å². The Morgan fingerprint density at radius 1 is 0.764 bits per heavy atom. The molecule has 2 nitrogen and oxygen atoms in total. The van der Waals surface area contributed by atoms with E-state index in [0.29, 0.717) is 17.8 Å². The molecule has 1 aromatic heterocycles. The number of hydrogen-bond acceptors (Lipinski definition) is 1. The molecule has 4 aromatic carbocycles. The monoisotopic (exact) mass is 714 g/mol. The molecule has 4 atom stereocenters. The molecule has 0 fully saturated rings. The van der Waals surface area contributed by atoms with E-state index in [0.717, 1.165) is 25.7 Å². The molecule has 2 heteroatoms. The Bertz CT molecular complexity index is 2560. The minimum atomic E-state index is -0.0531. The Balaban J connectivity index is 1.07. The van der Waals surface area contributed by atoms with Gasteiger partial charge < -0.3 is 9.47 Å². The summed E-state index contributed by atoms with van der Waals surface area (Å²) in [5.74, 6) is 1.23. The Morgan fingerprint density at radius 3 is 2.44 bits per heavy atom. The highest BCUT2D eigenvalue weighted by molar-refractivity contribution is 5.93. The third-order valence-corrected chi connectivity index (χ3v) is 13.1. The summed E-state index contributed by atoms with van der Waals surface area (Å²) in [5, 5.41) is 1.39. The van der Waals surface area contributed by atoms with E-state index in [2.05, 4.69) is 195 Å². The summed E-state index contributed by atoms with van der Waals surface area (Å²) in [6, 6.07) is 34.6. The van der Waals surface area contributed by atoms with Gasteiger partial charge in [-0.15, -0.1) is 0 Å². The molecule has 5 aliphatic carbocycles. The maximum atomic E-state index is 2.69. The Hall–Kier alpha value is -5.60. The van der Waals surface area contributed by atoms with Crippen molar-refractivity contribution in [3.8, 4) is 16.8 Å². The van der Waals surface area contributed by atoms with E-state index in [4.69, 9.17) is 0 Å². The second kappa shape index (κ2) is 13.3. The molecule has 0 spiro atoms. The summed E-state index contributed by atoms with van der Waals surface area (Å²) in [7, 11) is 0. The Morgan fingerprint density at radius 2 is 1.58 bits per heavy atom. The number of anilines is 1. The lowest BCUT2D eigenvalue weighted by molar-refractivity contribution is 0.570. The summed E-state index contributed by atoms with van der Waals surface area (Å²) in [5.41, 5.74) is 17.8. The summed E-state index contributed by atoms with van der Waals surface area (Å²) < 4.78 is 2.45. The Kier molecular flexibility index (Phi) is 8.21. The van der Waals surface area contributed by atoms with Crippen molar-refractivity contribution in [3.05, 3.63) is 191 Å². The number of fused-ring (bicyclic) bond motifs is 6. The van der Waals surface area contributed by atoms with Crippen LogP contribution in [0.4, 0.5) is 5.69 Å². The molecule has 1 heterocycles. The first kappa shape index (κ1) is 33.9. The topological polar surface area (TPSA) is 8.17 Å². The van der Waals surface area contributed by atoms with E-state index >= 15 is 0 Å². The molecular weight excluding hydrogens is 665 g/mol. The summed E-state index contributed by atoms with van der Waals surface area (Å²) in [4.78, 5) is 2.69. The molecule has 0 bridgehead atoms. The molecule has 0 radical (unpaired) electrons. The Labute approximate surface area is 326 Å². The van der Waals surface area contributed by atoms with E-state index in [1.165, 1.54) is 78.2 Å². The third-order valence-electron chi connectivity index (χ3n) is 13.1. The van der Waals surface area contributed by atoms with Gasteiger partial charge in [-0.25, -0.2) is 0 Å². The van der Waals surface area contributed by atoms with Gasteiger partial charge in [-0.05, 0) is 125 Å². The molecule has 0 saturated carbocycles. The second-order valence-corrected chi connectivity index (χ2v) is 16.9. The van der Waals surface area contributed by atoms with Gasteiger partial charge in [-0.1, -0.05) is 137 Å². The van der Waals surface area contributed by atoms with E-state index < -0.39 is 0 Å². The molecule has 0 N–H and O–H groups in total. The number of nitrogens with zero attached hydrogens (tertiary/aromatic N) is 2. The van der Waals surface area contributed by atoms with Crippen LogP contribution in [0, 0.1) is 17.8 Å². The van der Waals surface area contributed by atoms with Crippen molar-refractivity contribution in [2.75, 3.05) is 4.90 Å². The normalized spacial score (nSPS) is 23.2. The SMILES string of the molecule is CC1CC(c2ccc3c(c2)c2c(n3-c3ccccc3)C=CCC2)=CC=C1N(c1ccc2c(c1)C(C)(C)c1ccccc1-2)C1C=C(C2C=CC=CC2C)C=CC1. The smallest absolute Gasteiger partial charge is 0.0559 e. The van der Waals surface area contributed by atoms with Gasteiger partial charge in [0.2, 0.25) is 0 Å². The predicted molar refractivity (Wildman–Crippen MR) is 234 cm³/mol. The maximum absolute atomic E-state index is 2.69. The average molecular weight is 715 g/mol. The maximum Gasteiger partial charge on any atom is 0.0559 e. The van der Waals surface area contributed by atoms with Gasteiger partial charge in [0.15, 0.2) is 0 Å². The number of aryl methyl sites for hydroxylation is 1. The van der Waals surface area contributed by atoms with Gasteiger partial charge in [-0.3, -0.25) is 0 Å². The number of rotatable bonds is 6. The van der Waals surface area contributed by atoms with Crippen LogP contribution in [-0.4, -0.2) is 10.6 Å². The van der Waals surface area contributed by atoms with Crippen LogP contribution in [0.25, 0.3) is 39.4 Å². The van der Waals surface area contributed by atoms with Gasteiger partial charge in [-0.2, -0.15) is 0 Å². The standard InChI is InChI=1S/C53H50N2/c1-35-15-8-9-20-43(35)39-16-14-19-41(32-39)54(42-27-28-45-44-21-10-12-23-48(44)53(3,4)49(45)34-42)50-29-25-37(31-36(50)2)38-26-30-52-47(33-38)46-22-11-13-24-51(46)55(52)40-17-6-5-7-18-40/h5-10,12-18,20-21,23-30,32-36,41,43H,11,19,22,31H2,1-4H3. The molecule has 0 aliphatic heterocycles. The molecule has 0 amide bonds. The molecular formula is C53H50N2. The zero-order valence-electron chi connectivity index (χ0n) is 32.5. The molecule has 55 heavy (non-hydrogen) atoms. The van der Waals surface area contributed by atoms with Crippen molar-refractivity contribution in [2.24, 2.45) is 17.8 Å². The fraction of sp³-hybridized carbons (Fsp3) is 0.245. The zero-order chi connectivity index (χ0) is 37.3. The van der Waals surface area contributed by atoms with Gasteiger partial charge in [0.1, 0.15) is 0 Å². The fourth-order valence-electron chi connectivity index (χ4n) is 10.3. The van der Waals surface area contributed by atoms with Gasteiger partial charge in [0, 0.05) is 45.4 Å². The van der Waals surface area contributed by atoms with Crippen molar-refractivity contribution in [1.82, 2.24) is 4.57 Å². The number of allylic oxidation sites excluding steroid dienone is 11. The van der Waals surface area contributed by atoms with Crippen LogP contribution in [0.3, 0.4) is 0 Å². The van der Waals surface area contributed by atoms with Crippen LogP contribution < -0.4 is 4.90 Å². The van der Waals surface area contributed by atoms with Crippen molar-refractivity contribution < 1.29 is 0 Å². The lowest BCUT2D eigenvalue weighted by Gasteiger charge is -2.40. The first-order valence-electron chi connectivity index (χ1n) is 20.4. The van der Waals surface area contributed by atoms with Crippen molar-refractivity contribution in [1.29, 1.82) is 0 Å². The molecule has 272 valence electrons. The highest BCUT2D eigenvalue weighted by Gasteiger charge is 2.37. The van der Waals surface area contributed by atoms with Crippen LogP contribution >= 0.6 is 0 Å². The second-order valence-electron chi connectivity index (χ2n) is 16.9. The number of hydrogen-bond donors (Lipinski definition) is 0. The lowest BCUT2D eigenvalue weighted by Crippen LogP contribution is -2.37. The number of para-hydroxylation sites is 1.